The van der Waals surface area contributed by atoms with E-state index < -0.39 is 9.04 Å². The van der Waals surface area contributed by atoms with Crippen LogP contribution in [0.15, 0.2) is 0 Å². The van der Waals surface area contributed by atoms with Gasteiger partial charge in [-0.05, 0) is 13.0 Å². The van der Waals surface area contributed by atoms with Crippen LogP contribution < -0.4 is 0 Å². The number of rotatable bonds is 5. The van der Waals surface area contributed by atoms with E-state index in [0.717, 1.165) is 18.9 Å². The Labute approximate surface area is 58.9 Å². The molecular weight excluding hydrogens is 132 g/mol. The monoisotopic (exact) mass is 148 g/mol. The Hall–Kier alpha value is 0.137. The van der Waals surface area contributed by atoms with Crippen LogP contribution in [0.2, 0.25) is 6.04 Å². The Morgan fingerprint density at radius 2 is 2.00 bits per heavy atom. The molecule has 0 aromatic heterocycles. The van der Waals surface area contributed by atoms with Crippen molar-refractivity contribution in [2.75, 3.05) is 19.9 Å². The lowest BCUT2D eigenvalue weighted by Crippen LogP contribution is -2.22. The van der Waals surface area contributed by atoms with E-state index in [0.29, 0.717) is 0 Å². The predicted molar refractivity (Wildman–Crippen MR) is 41.1 cm³/mol. The molecule has 3 heteroatoms. The summed E-state index contributed by atoms with van der Waals surface area (Å²) >= 11 is 0. The average molecular weight is 148 g/mol. The van der Waals surface area contributed by atoms with Crippen molar-refractivity contribution in [3.8, 4) is 0 Å². The molecule has 0 N–H and O–H groups in total. The molecule has 0 aromatic rings. The molecular formula is C6H16O2Si. The van der Waals surface area contributed by atoms with E-state index >= 15 is 0 Å². The summed E-state index contributed by atoms with van der Waals surface area (Å²) in [7, 11) is 0.845. The Morgan fingerprint density at radius 1 is 1.33 bits per heavy atom. The fraction of sp³-hybridized carbons (Fsp3) is 1.00. The molecule has 0 aliphatic heterocycles. The van der Waals surface area contributed by atoms with Gasteiger partial charge in [0.15, 0.2) is 0 Å². The van der Waals surface area contributed by atoms with E-state index in [1.165, 1.54) is 0 Å². The second-order valence-corrected chi connectivity index (χ2v) is 4.79. The molecule has 0 amide bonds. The Bertz CT molecular complexity index is 55.0. The normalized spacial score (nSPS) is 13.7. The summed E-state index contributed by atoms with van der Waals surface area (Å²) in [6.07, 6.45) is 0.865. The van der Waals surface area contributed by atoms with Crippen molar-refractivity contribution >= 4 is 9.04 Å². The number of hydrogen-bond acceptors (Lipinski definition) is 2. The van der Waals surface area contributed by atoms with E-state index in [1.54, 1.807) is 7.11 Å². The SMILES string of the molecule is CCOC[SiH](CC)OC. The van der Waals surface area contributed by atoms with Crippen molar-refractivity contribution in [3.05, 3.63) is 0 Å². The molecule has 0 saturated carbocycles. The average Bonchev–Trinajstić information content (AvgIpc) is 1.91. The second-order valence-electron chi connectivity index (χ2n) is 1.93. The third-order valence-electron chi connectivity index (χ3n) is 1.30. The molecule has 56 valence electrons. The van der Waals surface area contributed by atoms with Crippen LogP contribution in [-0.4, -0.2) is 29.0 Å². The van der Waals surface area contributed by atoms with E-state index in [4.69, 9.17) is 9.16 Å². The maximum absolute atomic E-state index is 5.22. The van der Waals surface area contributed by atoms with Gasteiger partial charge in [0, 0.05) is 13.7 Å². The van der Waals surface area contributed by atoms with Gasteiger partial charge in [-0.3, -0.25) is 0 Å². The first-order valence-electron chi connectivity index (χ1n) is 3.45. The number of hydrogen-bond donors (Lipinski definition) is 0. The summed E-state index contributed by atoms with van der Waals surface area (Å²) in [4.78, 5) is 0. The van der Waals surface area contributed by atoms with Gasteiger partial charge in [-0.2, -0.15) is 0 Å². The lowest BCUT2D eigenvalue weighted by molar-refractivity contribution is 0.177. The fourth-order valence-corrected chi connectivity index (χ4v) is 1.81. The predicted octanol–water partition coefficient (Wildman–Crippen LogP) is 0.952. The topological polar surface area (TPSA) is 18.5 Å². The highest BCUT2D eigenvalue weighted by atomic mass is 28.3. The zero-order valence-electron chi connectivity index (χ0n) is 6.52. The maximum atomic E-state index is 5.22. The fourth-order valence-electron chi connectivity index (χ4n) is 0.602. The lowest BCUT2D eigenvalue weighted by Gasteiger charge is -2.09. The minimum absolute atomic E-state index is 0.812. The lowest BCUT2D eigenvalue weighted by atomic mass is 10.9. The maximum Gasteiger partial charge on any atom is 0.201 e. The molecule has 0 rings (SSSR count). The molecule has 0 bridgehead atoms. The summed E-state index contributed by atoms with van der Waals surface area (Å²) in [5.74, 6) is 0. The summed E-state index contributed by atoms with van der Waals surface area (Å²) in [6, 6.07) is 1.16. The van der Waals surface area contributed by atoms with Gasteiger partial charge in [0.1, 0.15) is 0 Å². The molecule has 0 heterocycles. The van der Waals surface area contributed by atoms with Gasteiger partial charge in [-0.25, -0.2) is 0 Å². The quantitative estimate of drug-likeness (QED) is 0.540. The summed E-state index contributed by atoms with van der Waals surface area (Å²) in [5.41, 5.74) is 0. The van der Waals surface area contributed by atoms with Crippen LogP contribution in [0, 0.1) is 0 Å². The largest absolute Gasteiger partial charge is 0.421 e. The molecule has 0 spiro atoms. The first-order valence-corrected chi connectivity index (χ1v) is 5.56. The van der Waals surface area contributed by atoms with Crippen LogP contribution in [0.25, 0.3) is 0 Å². The van der Waals surface area contributed by atoms with Gasteiger partial charge < -0.3 is 9.16 Å². The Balaban J connectivity index is 3.09. The van der Waals surface area contributed by atoms with Crippen LogP contribution >= 0.6 is 0 Å². The van der Waals surface area contributed by atoms with Crippen molar-refractivity contribution < 1.29 is 9.16 Å². The van der Waals surface area contributed by atoms with Crippen molar-refractivity contribution in [2.45, 2.75) is 19.9 Å². The van der Waals surface area contributed by atoms with E-state index in [9.17, 15) is 0 Å². The highest BCUT2D eigenvalue weighted by Crippen LogP contribution is 1.91. The van der Waals surface area contributed by atoms with Crippen molar-refractivity contribution in [3.63, 3.8) is 0 Å². The zero-order valence-corrected chi connectivity index (χ0v) is 7.67. The molecule has 0 aliphatic rings. The molecule has 9 heavy (non-hydrogen) atoms. The number of ether oxygens (including phenoxy) is 1. The third kappa shape index (κ3) is 4.63. The molecule has 0 saturated heterocycles. The molecule has 0 aromatic carbocycles. The van der Waals surface area contributed by atoms with Gasteiger partial charge in [0.05, 0.1) is 6.23 Å². The van der Waals surface area contributed by atoms with Crippen molar-refractivity contribution in [2.24, 2.45) is 0 Å². The van der Waals surface area contributed by atoms with Crippen LogP contribution in [-0.2, 0) is 9.16 Å². The highest BCUT2D eigenvalue weighted by molar-refractivity contribution is 6.51. The second kappa shape index (κ2) is 6.26. The molecule has 0 aliphatic carbocycles. The van der Waals surface area contributed by atoms with Gasteiger partial charge in [0.25, 0.3) is 0 Å². The Kier molecular flexibility index (Phi) is 6.35. The van der Waals surface area contributed by atoms with Gasteiger partial charge in [0.2, 0.25) is 9.04 Å². The highest BCUT2D eigenvalue weighted by Gasteiger charge is 2.04. The summed E-state index contributed by atoms with van der Waals surface area (Å²) in [5, 5.41) is 0. The van der Waals surface area contributed by atoms with Gasteiger partial charge in [-0.1, -0.05) is 6.92 Å². The smallest absolute Gasteiger partial charge is 0.201 e. The standard InChI is InChI=1S/C6H16O2Si/c1-4-8-6-9(5-2)7-3/h9H,4-6H2,1-3H3. The zero-order chi connectivity index (χ0) is 7.11. The van der Waals surface area contributed by atoms with Crippen molar-refractivity contribution in [1.29, 1.82) is 0 Å². The molecule has 1 atom stereocenters. The first kappa shape index (κ1) is 9.14. The Morgan fingerprint density at radius 3 is 2.33 bits per heavy atom. The summed E-state index contributed by atoms with van der Waals surface area (Å²) < 4.78 is 10.4. The molecule has 0 fully saturated rings. The van der Waals surface area contributed by atoms with Crippen LogP contribution in [0.4, 0.5) is 0 Å². The third-order valence-corrected chi connectivity index (χ3v) is 3.48. The molecule has 2 nitrogen and oxygen atoms in total. The van der Waals surface area contributed by atoms with E-state index in [-0.39, 0.29) is 0 Å². The minimum atomic E-state index is -0.932. The minimum Gasteiger partial charge on any atom is -0.421 e. The van der Waals surface area contributed by atoms with E-state index in [1.807, 2.05) is 6.92 Å². The first-order chi connectivity index (χ1) is 4.35. The van der Waals surface area contributed by atoms with Crippen LogP contribution in [0.1, 0.15) is 13.8 Å². The summed E-state index contributed by atoms with van der Waals surface area (Å²) in [6.45, 7) is 4.98. The van der Waals surface area contributed by atoms with Gasteiger partial charge >= 0.3 is 0 Å². The van der Waals surface area contributed by atoms with Gasteiger partial charge in [-0.15, -0.1) is 0 Å². The molecule has 1 unspecified atom stereocenters. The van der Waals surface area contributed by atoms with Crippen LogP contribution in [0.3, 0.4) is 0 Å². The van der Waals surface area contributed by atoms with E-state index in [2.05, 4.69) is 6.92 Å². The van der Waals surface area contributed by atoms with Crippen LogP contribution in [0.5, 0.6) is 0 Å². The molecule has 0 radical (unpaired) electrons. The van der Waals surface area contributed by atoms with Crippen molar-refractivity contribution in [1.82, 2.24) is 0 Å².